The Morgan fingerprint density at radius 2 is 1.60 bits per heavy atom. The molecule has 42 heavy (non-hydrogen) atoms. The van der Waals surface area contributed by atoms with Crippen LogP contribution in [0.15, 0.2) is 48.5 Å². The number of carbonyl (C=O) groups is 1. The van der Waals surface area contributed by atoms with Gasteiger partial charge < -0.3 is 15.2 Å². The van der Waals surface area contributed by atoms with Crippen LogP contribution in [0.25, 0.3) is 0 Å². The summed E-state index contributed by atoms with van der Waals surface area (Å²) in [4.78, 5) is 15.9. The Bertz CT molecular complexity index is 1220. The topological polar surface area (TPSA) is 61.8 Å². The Hall–Kier alpha value is -2.63. The van der Waals surface area contributed by atoms with Gasteiger partial charge in [-0.05, 0) is 81.3 Å². The largest absolute Gasteiger partial charge is 0.416 e. The van der Waals surface area contributed by atoms with Crippen LogP contribution in [0.5, 0.6) is 0 Å². The van der Waals surface area contributed by atoms with Gasteiger partial charge in [0.05, 0.1) is 35.3 Å². The smallest absolute Gasteiger partial charge is 0.391 e. The van der Waals surface area contributed by atoms with Gasteiger partial charge in [0, 0.05) is 24.6 Å². The molecule has 1 amide bonds. The lowest BCUT2D eigenvalue weighted by Gasteiger charge is -2.49. The molecule has 230 valence electrons. The second-order valence-corrected chi connectivity index (χ2v) is 12.2. The van der Waals surface area contributed by atoms with E-state index in [1.54, 1.807) is 0 Å². The molecule has 2 saturated heterocycles. The first-order valence-corrected chi connectivity index (χ1v) is 14.4. The molecule has 3 unspecified atom stereocenters. The number of piperidine rings is 1. The molecule has 0 radical (unpaired) electrons. The van der Waals surface area contributed by atoms with E-state index < -0.39 is 46.9 Å². The molecule has 0 aromatic heterocycles. The summed E-state index contributed by atoms with van der Waals surface area (Å²) in [6.07, 6.45) is -6.28. The van der Waals surface area contributed by atoms with Crippen LogP contribution in [0.4, 0.5) is 26.3 Å². The van der Waals surface area contributed by atoms with E-state index in [-0.39, 0.29) is 23.1 Å². The van der Waals surface area contributed by atoms with Crippen LogP contribution in [0.1, 0.15) is 73.6 Å². The third-order valence-corrected chi connectivity index (χ3v) is 9.66. The fraction of sp³-hybridized carbons (Fsp3) is 0.581. The maximum absolute atomic E-state index is 13.6. The summed E-state index contributed by atoms with van der Waals surface area (Å²) >= 11 is 0. The highest BCUT2D eigenvalue weighted by Gasteiger charge is 2.48. The molecule has 3 atom stereocenters. The molecular formula is C31H36F6N2O3. The normalized spacial score (nSPS) is 29.9. The molecule has 0 bridgehead atoms. The molecule has 5 nitrogen and oxygen atoms in total. The molecular weight excluding hydrogens is 562 g/mol. The van der Waals surface area contributed by atoms with E-state index >= 15 is 0 Å². The number of β-amino-alcohol motifs (C(OH)–C–C–N with tert-alkyl or cyclic N) is 1. The van der Waals surface area contributed by atoms with Crippen LogP contribution in [-0.2, 0) is 27.4 Å². The molecule has 2 aromatic carbocycles. The summed E-state index contributed by atoms with van der Waals surface area (Å²) in [5, 5.41) is 14.0. The molecule has 1 spiro atoms. The summed E-state index contributed by atoms with van der Waals surface area (Å²) in [6, 6.07) is 10.8. The molecule has 3 aliphatic rings. The predicted molar refractivity (Wildman–Crippen MR) is 143 cm³/mol. The Kier molecular flexibility index (Phi) is 8.41. The fourth-order valence-electron chi connectivity index (χ4n) is 6.88. The average molecular weight is 599 g/mol. The minimum atomic E-state index is -5.00. The Labute approximate surface area is 241 Å². The van der Waals surface area contributed by atoms with Crippen LogP contribution < -0.4 is 5.32 Å². The van der Waals surface area contributed by atoms with Gasteiger partial charge in [-0.1, -0.05) is 30.3 Å². The number of rotatable bonds is 5. The highest BCUT2D eigenvalue weighted by Crippen LogP contribution is 2.44. The maximum Gasteiger partial charge on any atom is 0.416 e. The van der Waals surface area contributed by atoms with Gasteiger partial charge in [0.25, 0.3) is 0 Å². The van der Waals surface area contributed by atoms with E-state index in [2.05, 4.69) is 10.2 Å². The van der Waals surface area contributed by atoms with Crippen molar-refractivity contribution in [3.05, 3.63) is 70.8 Å². The summed E-state index contributed by atoms with van der Waals surface area (Å²) in [5.41, 5.74) is -3.41. The minimum absolute atomic E-state index is 0.0694. The maximum atomic E-state index is 13.6. The number of ether oxygens (including phenoxy) is 1. The number of alkyl halides is 6. The highest BCUT2D eigenvalue weighted by molar-refractivity contribution is 5.84. The van der Waals surface area contributed by atoms with E-state index in [0.29, 0.717) is 57.6 Å². The summed E-state index contributed by atoms with van der Waals surface area (Å²) in [5.74, 6) is -1.89. The number of benzene rings is 2. The lowest BCUT2D eigenvalue weighted by atomic mass is 9.72. The third kappa shape index (κ3) is 6.19. The molecule has 5 rings (SSSR count). The van der Waals surface area contributed by atoms with Gasteiger partial charge in [0.15, 0.2) is 0 Å². The zero-order chi connectivity index (χ0) is 30.3. The molecule has 2 aromatic rings. The van der Waals surface area contributed by atoms with E-state index in [0.717, 1.165) is 24.9 Å². The quantitative estimate of drug-likeness (QED) is 0.400. The zero-order valence-corrected chi connectivity index (χ0v) is 23.4. The van der Waals surface area contributed by atoms with Crippen molar-refractivity contribution in [3.63, 3.8) is 0 Å². The van der Waals surface area contributed by atoms with Gasteiger partial charge in [-0.3, -0.25) is 9.69 Å². The number of likely N-dealkylation sites (tertiary alicyclic amines) is 1. The fourth-order valence-corrected chi connectivity index (χ4v) is 6.88. The predicted octanol–water partition coefficient (Wildman–Crippen LogP) is 6.26. The number of aliphatic hydroxyl groups is 1. The van der Waals surface area contributed by atoms with Gasteiger partial charge in [-0.15, -0.1) is 0 Å². The van der Waals surface area contributed by atoms with Gasteiger partial charge in [0.1, 0.15) is 0 Å². The lowest BCUT2D eigenvalue weighted by Crippen LogP contribution is -2.57. The van der Waals surface area contributed by atoms with Crippen molar-refractivity contribution in [2.24, 2.45) is 5.41 Å². The molecule has 3 fully saturated rings. The van der Waals surface area contributed by atoms with Crippen molar-refractivity contribution in [1.82, 2.24) is 10.2 Å². The van der Waals surface area contributed by atoms with E-state index in [4.69, 9.17) is 4.74 Å². The Morgan fingerprint density at radius 3 is 2.12 bits per heavy atom. The number of nitrogens with zero attached hydrogens (tertiary/aromatic N) is 1. The van der Waals surface area contributed by atoms with Gasteiger partial charge in [-0.25, -0.2) is 0 Å². The monoisotopic (exact) mass is 598 g/mol. The molecule has 2 N–H and O–H groups in total. The molecule has 11 heteroatoms. The van der Waals surface area contributed by atoms with Crippen molar-refractivity contribution in [1.29, 1.82) is 0 Å². The van der Waals surface area contributed by atoms with E-state index in [9.17, 15) is 36.2 Å². The number of amides is 1. The Morgan fingerprint density at radius 1 is 0.976 bits per heavy atom. The van der Waals surface area contributed by atoms with Crippen molar-refractivity contribution in [3.8, 4) is 0 Å². The van der Waals surface area contributed by atoms with E-state index in [1.165, 1.54) is 6.92 Å². The van der Waals surface area contributed by atoms with Gasteiger partial charge in [-0.2, -0.15) is 26.3 Å². The van der Waals surface area contributed by atoms with Crippen LogP contribution in [0, 0.1) is 5.41 Å². The molecule has 2 aliphatic heterocycles. The van der Waals surface area contributed by atoms with Crippen molar-refractivity contribution >= 4 is 5.91 Å². The van der Waals surface area contributed by atoms with Gasteiger partial charge >= 0.3 is 12.4 Å². The van der Waals surface area contributed by atoms with Crippen LogP contribution >= 0.6 is 0 Å². The second kappa shape index (κ2) is 11.5. The number of aliphatic hydroxyl groups excluding tert-OH is 1. The van der Waals surface area contributed by atoms with Crippen molar-refractivity contribution in [2.45, 2.75) is 81.4 Å². The summed E-state index contributed by atoms with van der Waals surface area (Å²) in [7, 11) is 0. The molecule has 2 heterocycles. The first-order valence-electron chi connectivity index (χ1n) is 14.4. The minimum Gasteiger partial charge on any atom is -0.391 e. The summed E-state index contributed by atoms with van der Waals surface area (Å²) in [6.45, 7) is 3.95. The van der Waals surface area contributed by atoms with Crippen molar-refractivity contribution < 1.29 is 41.0 Å². The van der Waals surface area contributed by atoms with Crippen LogP contribution in [-0.4, -0.2) is 54.4 Å². The SMILES string of the molecule is CC(C(=O)NC1(c2ccccc2)CCC(N2CCC3(CCOC3)C(O)C2)CC1)c1cc(C(F)(F)F)cc(C(F)(F)F)c1. The first kappa shape index (κ1) is 30.8. The van der Waals surface area contributed by atoms with Crippen LogP contribution in [0.2, 0.25) is 0 Å². The zero-order valence-electron chi connectivity index (χ0n) is 23.4. The molecule has 1 saturated carbocycles. The number of hydrogen-bond acceptors (Lipinski definition) is 4. The first-order chi connectivity index (χ1) is 19.7. The standard InChI is InChI=1S/C31H36F6N2O3/c1-20(21-15-23(30(32,33)34)17-24(16-21)31(35,36)37)27(41)38-29(22-5-3-2-4-6-22)9-7-25(8-10-29)39-13-11-28(26(40)18-39)12-14-42-19-28/h2-6,15-17,20,25-26,40H,7-14,18-19H2,1H3,(H,38,41). The van der Waals surface area contributed by atoms with Gasteiger partial charge in [0.2, 0.25) is 5.91 Å². The van der Waals surface area contributed by atoms with Crippen molar-refractivity contribution in [2.75, 3.05) is 26.3 Å². The second-order valence-electron chi connectivity index (χ2n) is 12.2. The van der Waals surface area contributed by atoms with Crippen LogP contribution in [0.3, 0.4) is 0 Å². The molecule has 1 aliphatic carbocycles. The average Bonchev–Trinajstić information content (AvgIpc) is 3.43. The number of nitrogens with one attached hydrogen (secondary N) is 1. The number of halogens is 6. The third-order valence-electron chi connectivity index (χ3n) is 9.66. The number of hydrogen-bond donors (Lipinski definition) is 2. The highest BCUT2D eigenvalue weighted by atomic mass is 19.4. The number of carbonyl (C=O) groups excluding carboxylic acids is 1. The summed E-state index contributed by atoms with van der Waals surface area (Å²) < 4.78 is 86.3. The lowest BCUT2D eigenvalue weighted by molar-refractivity contribution is -0.143. The van der Waals surface area contributed by atoms with E-state index in [1.807, 2.05) is 30.3 Å². The Balaban J connectivity index is 1.34.